The van der Waals surface area contributed by atoms with Gasteiger partial charge in [-0.15, -0.1) is 0 Å². The van der Waals surface area contributed by atoms with E-state index in [4.69, 9.17) is 4.52 Å². The maximum absolute atomic E-state index is 12.1. The molecular formula is C15H15IN2O2. The third kappa shape index (κ3) is 2.87. The van der Waals surface area contributed by atoms with Crippen LogP contribution in [0.15, 0.2) is 28.8 Å². The molecule has 5 heteroatoms. The molecular weight excluding hydrogens is 367 g/mol. The van der Waals surface area contributed by atoms with Crippen LogP contribution in [0.1, 0.15) is 47.5 Å². The number of hydrogen-bond donors (Lipinski definition) is 1. The minimum Gasteiger partial charge on any atom is -0.360 e. The van der Waals surface area contributed by atoms with Gasteiger partial charge in [0.1, 0.15) is 5.76 Å². The van der Waals surface area contributed by atoms with Crippen molar-refractivity contribution in [2.45, 2.75) is 32.1 Å². The predicted octanol–water partition coefficient (Wildman–Crippen LogP) is 3.97. The Balaban J connectivity index is 1.72. The van der Waals surface area contributed by atoms with E-state index in [1.54, 1.807) is 6.07 Å². The largest absolute Gasteiger partial charge is 0.360 e. The van der Waals surface area contributed by atoms with Crippen molar-refractivity contribution in [3.8, 4) is 0 Å². The van der Waals surface area contributed by atoms with Crippen LogP contribution in [-0.2, 0) is 6.42 Å². The second kappa shape index (κ2) is 5.55. The molecule has 1 aromatic heterocycles. The maximum atomic E-state index is 12.1. The highest BCUT2D eigenvalue weighted by molar-refractivity contribution is 14.1. The molecule has 1 heterocycles. The third-order valence-corrected chi connectivity index (χ3v) is 4.44. The molecule has 0 bridgehead atoms. The van der Waals surface area contributed by atoms with Gasteiger partial charge in [-0.2, -0.15) is 0 Å². The summed E-state index contributed by atoms with van der Waals surface area (Å²) in [5.41, 5.74) is 2.41. The van der Waals surface area contributed by atoms with E-state index in [-0.39, 0.29) is 5.91 Å². The van der Waals surface area contributed by atoms with E-state index >= 15 is 0 Å². The Morgan fingerprint density at radius 2 is 2.25 bits per heavy atom. The van der Waals surface area contributed by atoms with Gasteiger partial charge in [0.2, 0.25) is 0 Å². The van der Waals surface area contributed by atoms with Gasteiger partial charge in [-0.25, -0.2) is 0 Å². The normalized spacial score (nSPS) is 14.3. The number of halogens is 1. The van der Waals surface area contributed by atoms with Crippen LogP contribution in [0.25, 0.3) is 0 Å². The van der Waals surface area contributed by atoms with Crippen LogP contribution in [-0.4, -0.2) is 11.1 Å². The number of amides is 1. The topological polar surface area (TPSA) is 55.1 Å². The Morgan fingerprint density at radius 3 is 2.90 bits per heavy atom. The number of carbonyl (C=O) groups is 1. The summed E-state index contributed by atoms with van der Waals surface area (Å²) >= 11 is 2.28. The van der Waals surface area contributed by atoms with E-state index in [0.29, 0.717) is 11.6 Å². The number of aryl methyl sites for hydroxylation is 1. The molecule has 3 rings (SSSR count). The summed E-state index contributed by atoms with van der Waals surface area (Å²) in [5.74, 6) is 1.07. The number of benzene rings is 1. The molecule has 1 N–H and O–H groups in total. The zero-order valence-electron chi connectivity index (χ0n) is 11.1. The van der Waals surface area contributed by atoms with Crippen LogP contribution < -0.4 is 5.32 Å². The van der Waals surface area contributed by atoms with Crippen LogP contribution in [0.2, 0.25) is 0 Å². The molecule has 0 aliphatic heterocycles. The Labute approximate surface area is 131 Å². The number of hydrogen-bond acceptors (Lipinski definition) is 3. The van der Waals surface area contributed by atoms with Crippen molar-refractivity contribution in [3.05, 3.63) is 44.9 Å². The van der Waals surface area contributed by atoms with Gasteiger partial charge >= 0.3 is 0 Å². The molecule has 104 valence electrons. The first-order valence-corrected chi connectivity index (χ1v) is 7.81. The van der Waals surface area contributed by atoms with E-state index in [9.17, 15) is 4.79 Å². The van der Waals surface area contributed by atoms with Gasteiger partial charge < -0.3 is 9.84 Å². The lowest BCUT2D eigenvalue weighted by Gasteiger charge is -2.06. The molecule has 1 fully saturated rings. The average molecular weight is 382 g/mol. The first kappa shape index (κ1) is 13.6. The van der Waals surface area contributed by atoms with E-state index < -0.39 is 0 Å². The Bertz CT molecular complexity index is 647. The van der Waals surface area contributed by atoms with Gasteiger partial charge in [-0.1, -0.05) is 18.1 Å². The van der Waals surface area contributed by atoms with Crippen LogP contribution in [0.5, 0.6) is 0 Å². The van der Waals surface area contributed by atoms with Gasteiger partial charge in [0.25, 0.3) is 5.91 Å². The first-order chi connectivity index (χ1) is 9.67. The minimum absolute atomic E-state index is 0.222. The van der Waals surface area contributed by atoms with Crippen molar-refractivity contribution < 1.29 is 9.32 Å². The summed E-state index contributed by atoms with van der Waals surface area (Å²) in [7, 11) is 0. The summed E-state index contributed by atoms with van der Waals surface area (Å²) in [6.07, 6.45) is 3.25. The standard InChI is InChI=1S/C15H15IN2O2/c1-2-9-5-6-11(7-12(9)16)17-15(19)13-8-14(20-18-13)10-3-4-10/h5-8,10H,2-4H2,1H3,(H,17,19). The highest BCUT2D eigenvalue weighted by atomic mass is 127. The zero-order chi connectivity index (χ0) is 14.1. The lowest BCUT2D eigenvalue weighted by molar-refractivity contribution is 0.101. The van der Waals surface area contributed by atoms with Crippen LogP contribution >= 0.6 is 22.6 Å². The fourth-order valence-corrected chi connectivity index (χ4v) is 2.96. The molecule has 1 aliphatic carbocycles. The van der Waals surface area contributed by atoms with Gasteiger partial charge in [-0.05, 0) is 59.5 Å². The van der Waals surface area contributed by atoms with Gasteiger partial charge in [-0.3, -0.25) is 4.79 Å². The summed E-state index contributed by atoms with van der Waals surface area (Å²) in [4.78, 5) is 12.1. The average Bonchev–Trinajstić information content (AvgIpc) is 3.16. The highest BCUT2D eigenvalue weighted by Crippen LogP contribution is 2.40. The fourth-order valence-electron chi connectivity index (χ4n) is 2.06. The number of nitrogens with zero attached hydrogens (tertiary/aromatic N) is 1. The number of aromatic nitrogens is 1. The molecule has 1 aliphatic rings. The number of rotatable bonds is 4. The van der Waals surface area contributed by atoms with Crippen LogP contribution in [0.4, 0.5) is 5.69 Å². The van der Waals surface area contributed by atoms with Crippen molar-refractivity contribution >= 4 is 34.2 Å². The van der Waals surface area contributed by atoms with E-state index in [1.807, 2.05) is 18.2 Å². The molecule has 2 aromatic rings. The lowest BCUT2D eigenvalue weighted by atomic mass is 10.1. The molecule has 1 amide bonds. The fraction of sp³-hybridized carbons (Fsp3) is 0.333. The van der Waals surface area contributed by atoms with E-state index in [2.05, 4.69) is 40.0 Å². The Hall–Kier alpha value is -1.37. The van der Waals surface area contributed by atoms with Gasteiger partial charge in [0.05, 0.1) is 0 Å². The van der Waals surface area contributed by atoms with Crippen molar-refractivity contribution in [3.63, 3.8) is 0 Å². The Kier molecular flexibility index (Phi) is 3.78. The van der Waals surface area contributed by atoms with E-state index in [0.717, 1.165) is 34.3 Å². The maximum Gasteiger partial charge on any atom is 0.277 e. The SMILES string of the molecule is CCc1ccc(NC(=O)c2cc(C3CC3)on2)cc1I. The number of anilines is 1. The second-order valence-corrected chi connectivity index (χ2v) is 6.16. The second-order valence-electron chi connectivity index (χ2n) is 5.00. The van der Waals surface area contributed by atoms with Crippen molar-refractivity contribution in [2.24, 2.45) is 0 Å². The minimum atomic E-state index is -0.222. The quantitative estimate of drug-likeness (QED) is 0.815. The lowest BCUT2D eigenvalue weighted by Crippen LogP contribution is -2.12. The number of nitrogens with one attached hydrogen (secondary N) is 1. The molecule has 1 saturated carbocycles. The van der Waals surface area contributed by atoms with Crippen molar-refractivity contribution in [1.82, 2.24) is 5.16 Å². The van der Waals surface area contributed by atoms with Gasteiger partial charge in [0, 0.05) is 21.2 Å². The summed E-state index contributed by atoms with van der Waals surface area (Å²) < 4.78 is 6.35. The third-order valence-electron chi connectivity index (χ3n) is 3.43. The first-order valence-electron chi connectivity index (χ1n) is 6.73. The van der Waals surface area contributed by atoms with Crippen LogP contribution in [0.3, 0.4) is 0 Å². The molecule has 20 heavy (non-hydrogen) atoms. The molecule has 0 saturated heterocycles. The smallest absolute Gasteiger partial charge is 0.277 e. The molecule has 4 nitrogen and oxygen atoms in total. The summed E-state index contributed by atoms with van der Waals surface area (Å²) in [5, 5.41) is 6.70. The van der Waals surface area contributed by atoms with Crippen LogP contribution in [0, 0.1) is 3.57 Å². The zero-order valence-corrected chi connectivity index (χ0v) is 13.3. The summed E-state index contributed by atoms with van der Waals surface area (Å²) in [6.45, 7) is 2.12. The van der Waals surface area contributed by atoms with Crippen molar-refractivity contribution in [1.29, 1.82) is 0 Å². The summed E-state index contributed by atoms with van der Waals surface area (Å²) in [6, 6.07) is 7.67. The Morgan fingerprint density at radius 1 is 1.45 bits per heavy atom. The van der Waals surface area contributed by atoms with Crippen molar-refractivity contribution in [2.75, 3.05) is 5.32 Å². The monoisotopic (exact) mass is 382 g/mol. The van der Waals surface area contributed by atoms with Gasteiger partial charge in [0.15, 0.2) is 5.69 Å². The van der Waals surface area contributed by atoms with E-state index in [1.165, 1.54) is 5.56 Å². The molecule has 0 unspecified atom stereocenters. The molecule has 0 atom stereocenters. The molecule has 0 radical (unpaired) electrons. The molecule has 0 spiro atoms. The molecule has 1 aromatic carbocycles. The number of carbonyl (C=O) groups excluding carboxylic acids is 1. The predicted molar refractivity (Wildman–Crippen MR) is 85.0 cm³/mol. The highest BCUT2D eigenvalue weighted by Gasteiger charge is 2.28.